The number of aromatic nitrogens is 1. The first-order valence-electron chi connectivity index (χ1n) is 6.67. The van der Waals surface area contributed by atoms with Crippen molar-refractivity contribution in [2.45, 2.75) is 12.8 Å². The van der Waals surface area contributed by atoms with Gasteiger partial charge in [0.25, 0.3) is 0 Å². The number of hydrogen-bond acceptors (Lipinski definition) is 1. The van der Waals surface area contributed by atoms with E-state index in [1.807, 2.05) is 42.5 Å². The SMILES string of the molecule is O=C1CCc2c(-c3ccc(Cl)cc3)[nH]c3cccc1c23. The van der Waals surface area contributed by atoms with Crippen LogP contribution >= 0.6 is 11.6 Å². The first kappa shape index (κ1) is 11.7. The van der Waals surface area contributed by atoms with Gasteiger partial charge in [0.2, 0.25) is 0 Å². The molecule has 0 aliphatic heterocycles. The highest BCUT2D eigenvalue weighted by molar-refractivity contribution is 6.30. The van der Waals surface area contributed by atoms with Crippen LogP contribution in [-0.2, 0) is 6.42 Å². The van der Waals surface area contributed by atoms with Crippen molar-refractivity contribution in [1.82, 2.24) is 4.98 Å². The van der Waals surface area contributed by atoms with Gasteiger partial charge in [0.05, 0.1) is 0 Å². The molecule has 0 fully saturated rings. The van der Waals surface area contributed by atoms with Crippen molar-refractivity contribution >= 4 is 28.3 Å². The van der Waals surface area contributed by atoms with Crippen LogP contribution < -0.4 is 0 Å². The number of ketones is 1. The normalized spacial score (nSPS) is 13.9. The molecule has 0 saturated heterocycles. The van der Waals surface area contributed by atoms with Gasteiger partial charge in [-0.1, -0.05) is 35.9 Å². The summed E-state index contributed by atoms with van der Waals surface area (Å²) in [5.74, 6) is 0.241. The molecule has 0 atom stereocenters. The predicted octanol–water partition coefficient (Wildman–Crippen LogP) is 4.62. The van der Waals surface area contributed by atoms with Gasteiger partial charge in [-0.25, -0.2) is 0 Å². The molecule has 1 aromatic heterocycles. The third-order valence-electron chi connectivity index (χ3n) is 3.96. The predicted molar refractivity (Wildman–Crippen MR) is 81.4 cm³/mol. The molecule has 3 heteroatoms. The van der Waals surface area contributed by atoms with E-state index in [0.717, 1.165) is 39.2 Å². The summed E-state index contributed by atoms with van der Waals surface area (Å²) in [7, 11) is 0. The van der Waals surface area contributed by atoms with E-state index >= 15 is 0 Å². The van der Waals surface area contributed by atoms with Crippen molar-refractivity contribution in [3.8, 4) is 11.3 Å². The van der Waals surface area contributed by atoms with E-state index in [-0.39, 0.29) is 5.78 Å². The number of carbonyl (C=O) groups is 1. The lowest BCUT2D eigenvalue weighted by molar-refractivity contribution is 0.0982. The van der Waals surface area contributed by atoms with Crippen LogP contribution in [-0.4, -0.2) is 10.8 Å². The van der Waals surface area contributed by atoms with Crippen LogP contribution in [0.15, 0.2) is 42.5 Å². The maximum Gasteiger partial charge on any atom is 0.163 e. The molecule has 0 unspecified atom stereocenters. The first-order chi connectivity index (χ1) is 9.74. The van der Waals surface area contributed by atoms with Crippen LogP contribution in [0.3, 0.4) is 0 Å². The minimum atomic E-state index is 0.241. The monoisotopic (exact) mass is 281 g/mol. The largest absolute Gasteiger partial charge is 0.354 e. The van der Waals surface area contributed by atoms with Gasteiger partial charge in [-0.2, -0.15) is 0 Å². The van der Waals surface area contributed by atoms with E-state index < -0.39 is 0 Å². The van der Waals surface area contributed by atoms with Gasteiger partial charge in [-0.3, -0.25) is 4.79 Å². The molecule has 98 valence electrons. The Kier molecular flexibility index (Phi) is 2.48. The van der Waals surface area contributed by atoms with E-state index in [9.17, 15) is 4.79 Å². The summed E-state index contributed by atoms with van der Waals surface area (Å²) in [5, 5.41) is 1.82. The summed E-state index contributed by atoms with van der Waals surface area (Å²) in [5.41, 5.74) is 5.35. The van der Waals surface area contributed by atoms with Gasteiger partial charge in [0.15, 0.2) is 5.78 Å². The van der Waals surface area contributed by atoms with Gasteiger partial charge < -0.3 is 4.98 Å². The second kappa shape index (κ2) is 4.22. The number of nitrogens with one attached hydrogen (secondary N) is 1. The minimum Gasteiger partial charge on any atom is -0.354 e. The fourth-order valence-corrected chi connectivity index (χ4v) is 3.16. The van der Waals surface area contributed by atoms with Crippen molar-refractivity contribution < 1.29 is 4.79 Å². The van der Waals surface area contributed by atoms with Gasteiger partial charge in [-0.05, 0) is 35.7 Å². The Balaban J connectivity index is 2.03. The topological polar surface area (TPSA) is 32.9 Å². The van der Waals surface area contributed by atoms with E-state index in [1.165, 1.54) is 5.56 Å². The van der Waals surface area contributed by atoms with Crippen molar-refractivity contribution in [2.75, 3.05) is 0 Å². The van der Waals surface area contributed by atoms with E-state index in [4.69, 9.17) is 11.6 Å². The van der Waals surface area contributed by atoms with Gasteiger partial charge in [-0.15, -0.1) is 0 Å². The molecule has 20 heavy (non-hydrogen) atoms. The van der Waals surface area contributed by atoms with Crippen LogP contribution in [0.25, 0.3) is 22.2 Å². The molecule has 0 saturated carbocycles. The van der Waals surface area contributed by atoms with Gasteiger partial charge in [0.1, 0.15) is 0 Å². The molecule has 1 N–H and O–H groups in total. The summed E-state index contributed by atoms with van der Waals surface area (Å²) >= 11 is 5.95. The molecular weight excluding hydrogens is 270 g/mol. The smallest absolute Gasteiger partial charge is 0.163 e. The number of aromatic amines is 1. The zero-order valence-corrected chi connectivity index (χ0v) is 11.5. The third-order valence-corrected chi connectivity index (χ3v) is 4.22. The number of hydrogen-bond donors (Lipinski definition) is 1. The second-order valence-electron chi connectivity index (χ2n) is 5.14. The quantitative estimate of drug-likeness (QED) is 0.694. The highest BCUT2D eigenvalue weighted by atomic mass is 35.5. The number of aryl methyl sites for hydroxylation is 1. The summed E-state index contributed by atoms with van der Waals surface area (Å²) in [6.07, 6.45) is 1.39. The summed E-state index contributed by atoms with van der Waals surface area (Å²) in [4.78, 5) is 15.5. The highest BCUT2D eigenvalue weighted by Crippen LogP contribution is 2.37. The molecule has 0 bridgehead atoms. The Labute approximate surface area is 121 Å². The fourth-order valence-electron chi connectivity index (χ4n) is 3.04. The first-order valence-corrected chi connectivity index (χ1v) is 7.04. The van der Waals surface area contributed by atoms with Crippen molar-refractivity contribution in [1.29, 1.82) is 0 Å². The van der Waals surface area contributed by atoms with Crippen LogP contribution in [0.4, 0.5) is 0 Å². The molecule has 0 spiro atoms. The number of halogens is 1. The molecule has 0 radical (unpaired) electrons. The summed E-state index contributed by atoms with van der Waals surface area (Å²) in [6.45, 7) is 0. The molecular formula is C17H12ClNO. The highest BCUT2D eigenvalue weighted by Gasteiger charge is 2.23. The summed E-state index contributed by atoms with van der Waals surface area (Å²) in [6, 6.07) is 13.7. The molecule has 2 aromatic carbocycles. The van der Waals surface area contributed by atoms with E-state index in [0.29, 0.717) is 6.42 Å². The lowest BCUT2D eigenvalue weighted by atomic mass is 9.89. The minimum absolute atomic E-state index is 0.241. The van der Waals surface area contributed by atoms with Crippen LogP contribution in [0.2, 0.25) is 5.02 Å². The van der Waals surface area contributed by atoms with Crippen LogP contribution in [0.1, 0.15) is 22.3 Å². The van der Waals surface area contributed by atoms with Crippen LogP contribution in [0, 0.1) is 0 Å². The molecule has 3 aromatic rings. The van der Waals surface area contributed by atoms with Gasteiger partial charge in [0, 0.05) is 33.6 Å². The zero-order valence-electron chi connectivity index (χ0n) is 10.7. The molecule has 1 heterocycles. The maximum atomic E-state index is 12.0. The number of H-pyrrole nitrogens is 1. The lowest BCUT2D eigenvalue weighted by Crippen LogP contribution is -2.07. The van der Waals surface area contributed by atoms with E-state index in [1.54, 1.807) is 0 Å². The second-order valence-corrected chi connectivity index (χ2v) is 5.57. The molecule has 1 aliphatic carbocycles. The van der Waals surface area contributed by atoms with Crippen molar-refractivity contribution in [3.05, 3.63) is 58.6 Å². The Morgan fingerprint density at radius 1 is 1.00 bits per heavy atom. The van der Waals surface area contributed by atoms with Crippen molar-refractivity contribution in [3.63, 3.8) is 0 Å². The average Bonchev–Trinajstić information content (AvgIpc) is 2.84. The number of carbonyl (C=O) groups excluding carboxylic acids is 1. The number of Topliss-reactive ketones (excluding diaryl/α,β-unsaturated/α-hetero) is 1. The summed E-state index contributed by atoms with van der Waals surface area (Å²) < 4.78 is 0. The lowest BCUT2D eigenvalue weighted by Gasteiger charge is -2.12. The number of rotatable bonds is 1. The Hall–Kier alpha value is -2.06. The zero-order chi connectivity index (χ0) is 13.7. The fraction of sp³-hybridized carbons (Fsp3) is 0.118. The molecule has 0 amide bonds. The maximum absolute atomic E-state index is 12.0. The van der Waals surface area contributed by atoms with E-state index in [2.05, 4.69) is 4.98 Å². The Bertz CT molecular complexity index is 830. The molecule has 4 rings (SSSR count). The standard InChI is InChI=1S/C17H12ClNO/c18-11-6-4-10(5-7-11)17-13-8-9-15(20)12-2-1-3-14(19-17)16(12)13/h1-7,19H,8-9H2. The Morgan fingerprint density at radius 2 is 1.80 bits per heavy atom. The number of benzene rings is 2. The van der Waals surface area contributed by atoms with Gasteiger partial charge >= 0.3 is 0 Å². The average molecular weight is 282 g/mol. The molecule has 1 aliphatic rings. The third kappa shape index (κ3) is 1.61. The van der Waals surface area contributed by atoms with Crippen molar-refractivity contribution in [2.24, 2.45) is 0 Å². The molecule has 2 nitrogen and oxygen atoms in total. The Morgan fingerprint density at radius 3 is 2.60 bits per heavy atom. The van der Waals surface area contributed by atoms with Crippen LogP contribution in [0.5, 0.6) is 0 Å².